The second-order valence-electron chi connectivity index (χ2n) is 3.25. The Morgan fingerprint density at radius 2 is 2.07 bits per heavy atom. The highest BCUT2D eigenvalue weighted by Gasteiger charge is 2.01. The summed E-state index contributed by atoms with van der Waals surface area (Å²) in [7, 11) is 0. The Bertz CT molecular complexity index is 279. The van der Waals surface area contributed by atoms with E-state index in [9.17, 15) is 4.79 Å². The monoisotopic (exact) mass is 194 g/mol. The zero-order valence-electron chi connectivity index (χ0n) is 8.14. The van der Waals surface area contributed by atoms with E-state index in [2.05, 4.69) is 0 Å². The van der Waals surface area contributed by atoms with Gasteiger partial charge in [0.25, 0.3) is 6.47 Å². The van der Waals surface area contributed by atoms with Crippen molar-refractivity contribution in [2.24, 2.45) is 0 Å². The number of phenolic OH excluding ortho intramolecular Hbond substituents is 1. The van der Waals surface area contributed by atoms with Crippen LogP contribution in [0.2, 0.25) is 0 Å². The molecule has 0 aliphatic rings. The molecule has 1 atom stereocenters. The normalized spacial score (nSPS) is 12.1. The van der Waals surface area contributed by atoms with E-state index in [4.69, 9.17) is 9.84 Å². The molecule has 0 aromatic heterocycles. The molecule has 3 heteroatoms. The third kappa shape index (κ3) is 3.47. The topological polar surface area (TPSA) is 46.5 Å². The van der Waals surface area contributed by atoms with Crippen molar-refractivity contribution in [2.75, 3.05) is 0 Å². The number of ether oxygens (including phenoxy) is 1. The minimum Gasteiger partial charge on any atom is -0.508 e. The van der Waals surface area contributed by atoms with Gasteiger partial charge in [-0.05, 0) is 37.5 Å². The molecule has 0 bridgehead atoms. The summed E-state index contributed by atoms with van der Waals surface area (Å²) in [5.74, 6) is 0.269. The number of benzene rings is 1. The number of carbonyl (C=O) groups excluding carboxylic acids is 1. The highest BCUT2D eigenvalue weighted by atomic mass is 16.5. The largest absolute Gasteiger partial charge is 0.508 e. The first kappa shape index (κ1) is 10.6. The van der Waals surface area contributed by atoms with Crippen LogP contribution in [0.3, 0.4) is 0 Å². The molecule has 0 aliphatic carbocycles. The number of hydrogen-bond acceptors (Lipinski definition) is 3. The molecule has 76 valence electrons. The average Bonchev–Trinajstić information content (AvgIpc) is 2.17. The predicted octanol–water partition coefficient (Wildman–Crippen LogP) is 1.89. The first-order valence-electron chi connectivity index (χ1n) is 4.59. The molecule has 0 aliphatic heterocycles. The van der Waals surface area contributed by atoms with E-state index >= 15 is 0 Å². The van der Waals surface area contributed by atoms with Crippen molar-refractivity contribution in [3.8, 4) is 5.75 Å². The molecule has 0 saturated carbocycles. The van der Waals surface area contributed by atoms with Gasteiger partial charge in [-0.15, -0.1) is 0 Å². The average molecular weight is 194 g/mol. The highest BCUT2D eigenvalue weighted by molar-refractivity contribution is 5.37. The van der Waals surface area contributed by atoms with Gasteiger partial charge in [0.2, 0.25) is 0 Å². The van der Waals surface area contributed by atoms with Crippen molar-refractivity contribution in [3.63, 3.8) is 0 Å². The van der Waals surface area contributed by atoms with E-state index in [0.29, 0.717) is 6.47 Å². The summed E-state index contributed by atoms with van der Waals surface area (Å²) < 4.78 is 4.76. The quantitative estimate of drug-likeness (QED) is 0.728. The second-order valence-corrected chi connectivity index (χ2v) is 3.25. The van der Waals surface area contributed by atoms with Crippen molar-refractivity contribution in [2.45, 2.75) is 25.9 Å². The van der Waals surface area contributed by atoms with Gasteiger partial charge < -0.3 is 9.84 Å². The third-order valence-electron chi connectivity index (χ3n) is 2.06. The summed E-state index contributed by atoms with van der Waals surface area (Å²) in [5, 5.41) is 9.05. The fourth-order valence-corrected chi connectivity index (χ4v) is 1.20. The Kier molecular flexibility index (Phi) is 3.98. The molecule has 0 fully saturated rings. The van der Waals surface area contributed by atoms with Crippen LogP contribution in [-0.4, -0.2) is 17.7 Å². The molecule has 0 radical (unpaired) electrons. The van der Waals surface area contributed by atoms with Crippen LogP contribution >= 0.6 is 0 Å². The lowest BCUT2D eigenvalue weighted by Crippen LogP contribution is -2.07. The predicted molar refractivity (Wildman–Crippen MR) is 53.0 cm³/mol. The number of phenols is 1. The molecule has 1 N–H and O–H groups in total. The molecular weight excluding hydrogens is 180 g/mol. The number of hydrogen-bond donors (Lipinski definition) is 1. The first-order valence-corrected chi connectivity index (χ1v) is 4.59. The highest BCUT2D eigenvalue weighted by Crippen LogP contribution is 2.12. The van der Waals surface area contributed by atoms with Gasteiger partial charge in [0, 0.05) is 0 Å². The Labute approximate surface area is 83.3 Å². The van der Waals surface area contributed by atoms with Gasteiger partial charge in [-0.3, -0.25) is 4.79 Å². The number of aromatic hydroxyl groups is 1. The van der Waals surface area contributed by atoms with Crippen molar-refractivity contribution in [1.82, 2.24) is 0 Å². The van der Waals surface area contributed by atoms with E-state index in [1.165, 1.54) is 0 Å². The minimum absolute atomic E-state index is 0.0543. The van der Waals surface area contributed by atoms with Crippen molar-refractivity contribution >= 4 is 6.47 Å². The van der Waals surface area contributed by atoms with Crippen LogP contribution < -0.4 is 0 Å². The Morgan fingerprint density at radius 1 is 1.43 bits per heavy atom. The van der Waals surface area contributed by atoms with Gasteiger partial charge in [0.1, 0.15) is 5.75 Å². The molecule has 3 nitrogen and oxygen atoms in total. The lowest BCUT2D eigenvalue weighted by atomic mass is 10.1. The minimum atomic E-state index is -0.0543. The second kappa shape index (κ2) is 5.27. The summed E-state index contributed by atoms with van der Waals surface area (Å²) in [5.41, 5.74) is 1.13. The summed E-state index contributed by atoms with van der Waals surface area (Å²) in [4.78, 5) is 10.0. The standard InChI is InChI=1S/C11H14O3/c1-9(14-8-12)2-3-10-4-6-11(13)7-5-10/h4-9,13H,2-3H2,1H3/t9-/m0/s1. The van der Waals surface area contributed by atoms with Crippen molar-refractivity contribution < 1.29 is 14.6 Å². The first-order chi connectivity index (χ1) is 6.72. The van der Waals surface area contributed by atoms with Gasteiger partial charge in [0.05, 0.1) is 6.10 Å². The molecule has 0 amide bonds. The lowest BCUT2D eigenvalue weighted by molar-refractivity contribution is -0.132. The Balaban J connectivity index is 2.37. The molecule has 0 heterocycles. The van der Waals surface area contributed by atoms with Gasteiger partial charge in [0.15, 0.2) is 0 Å². The van der Waals surface area contributed by atoms with Crippen LogP contribution in [0.15, 0.2) is 24.3 Å². The van der Waals surface area contributed by atoms with E-state index < -0.39 is 0 Å². The van der Waals surface area contributed by atoms with E-state index in [1.54, 1.807) is 12.1 Å². The number of carbonyl (C=O) groups is 1. The maximum atomic E-state index is 10.0. The van der Waals surface area contributed by atoms with Gasteiger partial charge in [-0.1, -0.05) is 12.1 Å². The smallest absolute Gasteiger partial charge is 0.293 e. The SMILES string of the molecule is C[C@@H](CCc1ccc(O)cc1)OC=O. The molecule has 14 heavy (non-hydrogen) atoms. The van der Waals surface area contributed by atoms with Crippen LogP contribution in [0.25, 0.3) is 0 Å². The fraction of sp³-hybridized carbons (Fsp3) is 0.364. The molecule has 1 aromatic rings. The molecular formula is C11H14O3. The van der Waals surface area contributed by atoms with Crippen molar-refractivity contribution in [3.05, 3.63) is 29.8 Å². The lowest BCUT2D eigenvalue weighted by Gasteiger charge is -2.08. The molecule has 0 spiro atoms. The maximum absolute atomic E-state index is 10.0. The molecule has 1 aromatic carbocycles. The summed E-state index contributed by atoms with van der Waals surface area (Å²) in [6, 6.07) is 7.03. The van der Waals surface area contributed by atoms with Gasteiger partial charge in [-0.25, -0.2) is 0 Å². The summed E-state index contributed by atoms with van der Waals surface area (Å²) >= 11 is 0. The maximum Gasteiger partial charge on any atom is 0.293 e. The Hall–Kier alpha value is -1.51. The van der Waals surface area contributed by atoms with Gasteiger partial charge in [-0.2, -0.15) is 0 Å². The van der Waals surface area contributed by atoms with Crippen LogP contribution in [0.1, 0.15) is 18.9 Å². The number of rotatable bonds is 5. The Morgan fingerprint density at radius 3 is 2.64 bits per heavy atom. The molecule has 1 rings (SSSR count). The zero-order chi connectivity index (χ0) is 10.4. The fourth-order valence-electron chi connectivity index (χ4n) is 1.20. The summed E-state index contributed by atoms with van der Waals surface area (Å²) in [6.07, 6.45) is 1.58. The van der Waals surface area contributed by atoms with E-state index in [1.807, 2.05) is 19.1 Å². The molecule has 0 saturated heterocycles. The van der Waals surface area contributed by atoms with E-state index in [-0.39, 0.29) is 11.9 Å². The molecule has 0 unspecified atom stereocenters. The van der Waals surface area contributed by atoms with E-state index in [0.717, 1.165) is 18.4 Å². The third-order valence-corrected chi connectivity index (χ3v) is 2.06. The summed E-state index contributed by atoms with van der Waals surface area (Å²) in [6.45, 7) is 2.33. The van der Waals surface area contributed by atoms with Crippen LogP contribution in [0, 0.1) is 0 Å². The van der Waals surface area contributed by atoms with Crippen LogP contribution in [0.4, 0.5) is 0 Å². The van der Waals surface area contributed by atoms with Gasteiger partial charge >= 0.3 is 0 Å². The number of aryl methyl sites for hydroxylation is 1. The zero-order valence-corrected chi connectivity index (χ0v) is 8.14. The van der Waals surface area contributed by atoms with Crippen LogP contribution in [0.5, 0.6) is 5.75 Å². The van der Waals surface area contributed by atoms with Crippen molar-refractivity contribution in [1.29, 1.82) is 0 Å². The van der Waals surface area contributed by atoms with Crippen LogP contribution in [-0.2, 0) is 16.0 Å².